The maximum Gasteiger partial charge on any atom is 0.120 e. The Bertz CT molecular complexity index is 1200. The van der Waals surface area contributed by atoms with Gasteiger partial charge in [0.1, 0.15) is 6.29 Å². The predicted octanol–water partition coefficient (Wildman–Crippen LogP) is 14.6. The molecule has 0 aliphatic carbocycles. The molecular formula is C49H80O4Sn. The third-order valence-corrected chi connectivity index (χ3v) is 24.6. The molecule has 4 nitrogen and oxygen atoms in total. The first-order valence-corrected chi connectivity index (χ1v) is 28.2. The Labute approximate surface area is 338 Å². The zero-order chi connectivity index (χ0) is 37.8. The normalized spacial score (nSPS) is 10.9. The van der Waals surface area contributed by atoms with Crippen molar-refractivity contribution in [2.75, 3.05) is 13.2 Å². The molecule has 0 radical (unpaired) electrons. The second-order valence-corrected chi connectivity index (χ2v) is 27.8. The maximum absolute atomic E-state index is 9.98. The average Bonchev–Trinajstić information content (AvgIpc) is 3.19. The van der Waals surface area contributed by atoms with Gasteiger partial charge in [0.05, 0.1) is 25.9 Å². The Kier molecular flexibility index (Phi) is 38.5. The number of hydrogen-bond donors (Lipinski definition) is 0. The molecule has 0 aromatic heterocycles. The van der Waals surface area contributed by atoms with Crippen LogP contribution in [0.3, 0.4) is 0 Å². The van der Waals surface area contributed by atoms with Crippen molar-refractivity contribution in [3.63, 3.8) is 0 Å². The Morgan fingerprint density at radius 2 is 1.02 bits per heavy atom. The molecule has 0 N–H and O–H groups in total. The number of rotatable bonds is 28. The predicted molar refractivity (Wildman–Crippen MR) is 240 cm³/mol. The number of unbranched alkanes of at least 4 members (excludes halogenated alkanes) is 4. The number of carbonyl (C=O) groups is 1. The van der Waals surface area contributed by atoms with Crippen LogP contribution in [0.1, 0.15) is 123 Å². The van der Waals surface area contributed by atoms with Gasteiger partial charge in [-0.2, -0.15) is 0 Å². The molecule has 0 saturated carbocycles. The Morgan fingerprint density at radius 1 is 0.593 bits per heavy atom. The van der Waals surface area contributed by atoms with Gasteiger partial charge in [0.2, 0.25) is 0 Å². The SMILES string of the molecule is C.C.C=CC[C@@H](CCCOCc1ccccc1)OCc1ccccc1.C=C[CH2][Sn]([CH2]CCC)([CH2]CCC)[CH2]CCC.O=CCCCOCc1ccccc1. The number of benzene rings is 3. The minimum absolute atomic E-state index is 0. The molecule has 0 unspecified atom stereocenters. The van der Waals surface area contributed by atoms with Crippen LogP contribution in [0.4, 0.5) is 0 Å². The van der Waals surface area contributed by atoms with E-state index >= 15 is 0 Å². The molecule has 1 atom stereocenters. The van der Waals surface area contributed by atoms with Gasteiger partial charge in [-0.05, 0) is 42.4 Å². The van der Waals surface area contributed by atoms with Gasteiger partial charge in [-0.1, -0.05) is 112 Å². The molecule has 0 heterocycles. The van der Waals surface area contributed by atoms with Gasteiger partial charge >= 0.3 is 108 Å². The zero-order valence-electron chi connectivity index (χ0n) is 33.2. The van der Waals surface area contributed by atoms with E-state index in [9.17, 15) is 4.79 Å². The first kappa shape index (κ1) is 53.6. The quantitative estimate of drug-likeness (QED) is 0.0316. The summed E-state index contributed by atoms with van der Waals surface area (Å²) in [6, 6.07) is 30.6. The van der Waals surface area contributed by atoms with Crippen molar-refractivity contribution in [3.8, 4) is 0 Å². The summed E-state index contributed by atoms with van der Waals surface area (Å²) in [5, 5.41) is 0. The van der Waals surface area contributed by atoms with Crippen LogP contribution in [0.25, 0.3) is 0 Å². The van der Waals surface area contributed by atoms with Crippen LogP contribution in [0.5, 0.6) is 0 Å². The molecule has 3 aromatic carbocycles. The smallest absolute Gasteiger partial charge is 0.120 e. The van der Waals surface area contributed by atoms with E-state index < -0.39 is 18.4 Å². The summed E-state index contributed by atoms with van der Waals surface area (Å²) < 4.78 is 23.4. The second-order valence-electron chi connectivity index (χ2n) is 13.8. The van der Waals surface area contributed by atoms with Crippen molar-refractivity contribution >= 4 is 24.7 Å². The number of carbonyl (C=O) groups excluding carboxylic acids is 1. The Hall–Kier alpha value is -2.51. The van der Waals surface area contributed by atoms with E-state index in [2.05, 4.69) is 64.3 Å². The van der Waals surface area contributed by atoms with Crippen molar-refractivity contribution in [1.82, 2.24) is 0 Å². The number of ether oxygens (including phenoxy) is 3. The first-order chi connectivity index (χ1) is 25.6. The fourth-order valence-corrected chi connectivity index (χ4v) is 21.2. The van der Waals surface area contributed by atoms with Gasteiger partial charge in [0.25, 0.3) is 0 Å². The van der Waals surface area contributed by atoms with E-state index in [1.165, 1.54) is 59.7 Å². The van der Waals surface area contributed by atoms with E-state index in [4.69, 9.17) is 14.2 Å². The van der Waals surface area contributed by atoms with E-state index in [0.29, 0.717) is 32.8 Å². The summed E-state index contributed by atoms with van der Waals surface area (Å²) in [5.41, 5.74) is 3.60. The molecular weight excluding hydrogens is 771 g/mol. The van der Waals surface area contributed by atoms with E-state index in [1.54, 1.807) is 13.3 Å². The minimum atomic E-state index is -1.78. The molecule has 0 aliphatic heterocycles. The number of aldehydes is 1. The topological polar surface area (TPSA) is 44.8 Å². The van der Waals surface area contributed by atoms with E-state index in [1.807, 2.05) is 72.8 Å². The van der Waals surface area contributed by atoms with Crippen LogP contribution in [0, 0.1) is 0 Å². The van der Waals surface area contributed by atoms with Crippen molar-refractivity contribution in [2.24, 2.45) is 0 Å². The van der Waals surface area contributed by atoms with Crippen LogP contribution in [0.15, 0.2) is 116 Å². The molecule has 0 aliphatic rings. The summed E-state index contributed by atoms with van der Waals surface area (Å²) in [6.07, 6.45) is 18.2. The van der Waals surface area contributed by atoms with Gasteiger partial charge in [0.15, 0.2) is 0 Å². The first-order valence-electron chi connectivity index (χ1n) is 20.1. The molecule has 304 valence electrons. The summed E-state index contributed by atoms with van der Waals surface area (Å²) in [5.74, 6) is 0. The second kappa shape index (κ2) is 38.8. The Morgan fingerprint density at radius 3 is 1.41 bits per heavy atom. The maximum atomic E-state index is 9.98. The third kappa shape index (κ3) is 28.9. The Balaban J connectivity index is 0. The molecule has 0 saturated heterocycles. The molecule has 5 heteroatoms. The molecule has 3 aromatic rings. The van der Waals surface area contributed by atoms with E-state index in [-0.39, 0.29) is 21.0 Å². The zero-order valence-corrected chi connectivity index (χ0v) is 36.0. The van der Waals surface area contributed by atoms with Crippen molar-refractivity contribution < 1.29 is 19.0 Å². The largest absolute Gasteiger partial charge is 0.377 e. The van der Waals surface area contributed by atoms with Crippen LogP contribution in [-0.4, -0.2) is 44.0 Å². The van der Waals surface area contributed by atoms with Crippen molar-refractivity contribution in [2.45, 2.75) is 150 Å². The summed E-state index contributed by atoms with van der Waals surface area (Å²) in [4.78, 5) is 9.98. The number of allylic oxidation sites excluding steroid dienone is 1. The van der Waals surface area contributed by atoms with Gasteiger partial charge < -0.3 is 19.0 Å². The minimum Gasteiger partial charge on any atom is -0.377 e. The average molecular weight is 852 g/mol. The summed E-state index contributed by atoms with van der Waals surface area (Å²) in [6.45, 7) is 18.3. The van der Waals surface area contributed by atoms with Gasteiger partial charge in [-0.3, -0.25) is 0 Å². The standard InChI is InChI=1S/C21H26O2.C11H14O2.3C4H9.C3H5.2CH4.Sn/c1-2-10-21(23-18-20-13-7-4-8-14-20)15-9-16-22-17-19-11-5-3-6-12-19;12-8-4-5-9-13-10-11-6-2-1-3-7-11;3*1-3-4-2;1-3-2;;;/h2-8,11-14,21H,1,9-10,15-18H2;1-3,6-8H,4-5,9-10H2;3*1,3-4H2,2H3;3H,1-2H2;2*1H4;/t21-;;;;;;;;/m0......../s1. The molecule has 54 heavy (non-hydrogen) atoms. The molecule has 0 bridgehead atoms. The van der Waals surface area contributed by atoms with Gasteiger partial charge in [-0.15, -0.1) is 6.58 Å². The molecule has 0 amide bonds. The summed E-state index contributed by atoms with van der Waals surface area (Å²) in [7, 11) is 0. The van der Waals surface area contributed by atoms with Gasteiger partial charge in [0, 0.05) is 19.6 Å². The third-order valence-electron chi connectivity index (χ3n) is 9.17. The van der Waals surface area contributed by atoms with Crippen LogP contribution in [-0.2, 0) is 38.8 Å². The molecule has 0 spiro atoms. The summed E-state index contributed by atoms with van der Waals surface area (Å²) >= 11 is -1.78. The van der Waals surface area contributed by atoms with Crippen molar-refractivity contribution in [1.29, 1.82) is 0 Å². The fourth-order valence-electron chi connectivity index (χ4n) is 6.10. The van der Waals surface area contributed by atoms with Crippen LogP contribution < -0.4 is 0 Å². The fraction of sp³-hybridized carbons (Fsp3) is 0.531. The monoisotopic (exact) mass is 853 g/mol. The van der Waals surface area contributed by atoms with Crippen LogP contribution in [0.2, 0.25) is 17.7 Å². The van der Waals surface area contributed by atoms with Crippen LogP contribution >= 0.6 is 0 Å². The molecule has 3 rings (SSSR count). The molecule has 0 fully saturated rings. The van der Waals surface area contributed by atoms with Gasteiger partial charge in [-0.25, -0.2) is 0 Å². The number of hydrogen-bond acceptors (Lipinski definition) is 4. The van der Waals surface area contributed by atoms with Crippen molar-refractivity contribution in [3.05, 3.63) is 133 Å². The van der Waals surface area contributed by atoms with E-state index in [0.717, 1.165) is 38.6 Å².